The summed E-state index contributed by atoms with van der Waals surface area (Å²) in [6.07, 6.45) is 0.439. The molecule has 0 aliphatic rings. The predicted molar refractivity (Wildman–Crippen MR) is 70.7 cm³/mol. The summed E-state index contributed by atoms with van der Waals surface area (Å²) in [5.74, 6) is -0.339. The highest BCUT2D eigenvalue weighted by Gasteiger charge is 2.13. The quantitative estimate of drug-likeness (QED) is 0.843. The molecule has 0 fully saturated rings. The van der Waals surface area contributed by atoms with Crippen LogP contribution >= 0.6 is 0 Å². The molecule has 0 spiro atoms. The van der Waals surface area contributed by atoms with Gasteiger partial charge in [0.25, 0.3) is 0 Å². The average molecular weight is 249 g/mol. The molecule has 1 unspecified atom stereocenters. The lowest BCUT2D eigenvalue weighted by molar-refractivity contribution is -0.117. The number of benzene rings is 1. The van der Waals surface area contributed by atoms with Gasteiger partial charge in [-0.15, -0.1) is 0 Å². The molecule has 0 radical (unpaired) electrons. The van der Waals surface area contributed by atoms with Gasteiger partial charge in [0, 0.05) is 12.1 Å². The van der Waals surface area contributed by atoms with Crippen molar-refractivity contribution in [1.29, 1.82) is 0 Å². The Kier molecular flexibility index (Phi) is 4.89. The van der Waals surface area contributed by atoms with Gasteiger partial charge in [0.15, 0.2) is 0 Å². The summed E-state index contributed by atoms with van der Waals surface area (Å²) >= 11 is 0. The Hall–Kier alpha value is -1.84. The van der Waals surface area contributed by atoms with E-state index in [1.165, 1.54) is 12.1 Å². The summed E-state index contributed by atoms with van der Waals surface area (Å²) < 4.78 is 0. The first-order valence-corrected chi connectivity index (χ1v) is 6.03. The van der Waals surface area contributed by atoms with Crippen LogP contribution in [-0.2, 0) is 4.79 Å². The van der Waals surface area contributed by atoms with E-state index in [0.717, 1.165) is 0 Å². The molecule has 18 heavy (non-hydrogen) atoms. The average Bonchev–Trinajstić information content (AvgIpc) is 2.28. The lowest BCUT2D eigenvalue weighted by Gasteiger charge is -2.15. The Morgan fingerprint density at radius 3 is 2.50 bits per heavy atom. The Balaban J connectivity index is 2.65. The van der Waals surface area contributed by atoms with Crippen LogP contribution in [0.3, 0.4) is 0 Å². The fourth-order valence-electron chi connectivity index (χ4n) is 1.47. The van der Waals surface area contributed by atoms with Gasteiger partial charge in [-0.3, -0.25) is 4.79 Å². The Bertz CT molecular complexity index is 440. The number of carboxylic acids is 1. The first kappa shape index (κ1) is 14.2. The summed E-state index contributed by atoms with van der Waals surface area (Å²) in [5.41, 5.74) is 0.695. The molecule has 0 saturated carbocycles. The maximum Gasteiger partial charge on any atom is 0.335 e. The second-order valence-electron chi connectivity index (χ2n) is 4.86. The molecule has 0 aliphatic carbocycles. The number of rotatable bonds is 5. The van der Waals surface area contributed by atoms with Crippen LogP contribution in [0.4, 0.5) is 5.69 Å². The highest BCUT2D eigenvalue weighted by molar-refractivity contribution is 5.93. The molecule has 0 aliphatic heterocycles. The van der Waals surface area contributed by atoms with Gasteiger partial charge < -0.3 is 10.4 Å². The largest absolute Gasteiger partial charge is 0.478 e. The molecule has 1 rings (SSSR count). The third kappa shape index (κ3) is 4.20. The number of carboxylic acid groups (broad SMARTS) is 1. The fraction of sp³-hybridized carbons (Fsp3) is 0.429. The van der Waals surface area contributed by atoms with Crippen LogP contribution in [0.15, 0.2) is 24.3 Å². The van der Waals surface area contributed by atoms with E-state index in [1.807, 2.05) is 6.92 Å². The van der Waals surface area contributed by atoms with E-state index in [4.69, 9.17) is 5.11 Å². The minimum atomic E-state index is -0.998. The van der Waals surface area contributed by atoms with E-state index in [-0.39, 0.29) is 11.5 Å². The molecule has 0 aromatic heterocycles. The zero-order valence-electron chi connectivity index (χ0n) is 10.9. The molecular weight excluding hydrogens is 230 g/mol. The van der Waals surface area contributed by atoms with Crippen molar-refractivity contribution in [1.82, 2.24) is 0 Å². The number of anilines is 1. The van der Waals surface area contributed by atoms with Crippen LogP contribution in [0.1, 0.15) is 37.6 Å². The number of aromatic carboxylic acids is 1. The lowest BCUT2D eigenvalue weighted by Crippen LogP contribution is -2.18. The summed E-state index contributed by atoms with van der Waals surface area (Å²) in [6, 6.07) is 6.25. The first-order valence-electron chi connectivity index (χ1n) is 6.03. The first-order chi connectivity index (χ1) is 8.40. The summed E-state index contributed by atoms with van der Waals surface area (Å²) in [6.45, 7) is 6.17. The fourth-order valence-corrected chi connectivity index (χ4v) is 1.47. The van der Waals surface area contributed by atoms with Crippen molar-refractivity contribution >= 4 is 17.6 Å². The number of carbonyl (C=O) groups excluding carboxylic acids is 1. The van der Waals surface area contributed by atoms with Crippen molar-refractivity contribution in [2.45, 2.75) is 27.2 Å². The van der Waals surface area contributed by atoms with Crippen LogP contribution in [0.2, 0.25) is 0 Å². The molecule has 1 atom stereocenters. The molecule has 0 heterocycles. The number of hydrogen-bond donors (Lipinski definition) is 2. The minimum Gasteiger partial charge on any atom is -0.478 e. The monoisotopic (exact) mass is 249 g/mol. The maximum absolute atomic E-state index is 11.7. The molecule has 0 bridgehead atoms. The van der Waals surface area contributed by atoms with Gasteiger partial charge in [-0.2, -0.15) is 0 Å². The van der Waals surface area contributed by atoms with Crippen LogP contribution in [0.5, 0.6) is 0 Å². The van der Waals surface area contributed by atoms with Crippen molar-refractivity contribution in [3.8, 4) is 0 Å². The van der Waals surface area contributed by atoms with Crippen molar-refractivity contribution in [2.75, 3.05) is 5.32 Å². The molecule has 1 aromatic carbocycles. The third-order valence-electron chi connectivity index (χ3n) is 3.04. The number of hydrogen-bond acceptors (Lipinski definition) is 2. The summed E-state index contributed by atoms with van der Waals surface area (Å²) in [5, 5.41) is 11.6. The topological polar surface area (TPSA) is 66.4 Å². The molecular formula is C14H19NO3. The van der Waals surface area contributed by atoms with Gasteiger partial charge in [-0.1, -0.05) is 26.8 Å². The lowest BCUT2D eigenvalue weighted by atomic mass is 9.94. The molecule has 4 nitrogen and oxygen atoms in total. The van der Waals surface area contributed by atoms with E-state index in [0.29, 0.717) is 23.9 Å². The van der Waals surface area contributed by atoms with Crippen LogP contribution in [0.25, 0.3) is 0 Å². The van der Waals surface area contributed by atoms with Crippen molar-refractivity contribution < 1.29 is 14.7 Å². The molecule has 2 N–H and O–H groups in total. The van der Waals surface area contributed by atoms with Gasteiger partial charge in [0.05, 0.1) is 5.56 Å². The van der Waals surface area contributed by atoms with Crippen LogP contribution < -0.4 is 5.32 Å². The summed E-state index contributed by atoms with van der Waals surface area (Å²) in [7, 11) is 0. The normalized spacial score (nSPS) is 12.2. The van der Waals surface area contributed by atoms with E-state index in [1.54, 1.807) is 12.1 Å². The second kappa shape index (κ2) is 6.19. The number of nitrogens with one attached hydrogen (secondary N) is 1. The molecule has 0 saturated heterocycles. The van der Waals surface area contributed by atoms with Crippen molar-refractivity contribution in [3.05, 3.63) is 29.8 Å². The summed E-state index contributed by atoms with van der Waals surface area (Å²) in [4.78, 5) is 22.5. The second-order valence-corrected chi connectivity index (χ2v) is 4.86. The number of amides is 1. The van der Waals surface area contributed by atoms with Crippen LogP contribution in [0, 0.1) is 11.8 Å². The van der Waals surface area contributed by atoms with Gasteiger partial charge in [-0.05, 0) is 30.0 Å². The van der Waals surface area contributed by atoms with Crippen molar-refractivity contribution in [2.24, 2.45) is 11.8 Å². The molecule has 4 heteroatoms. The Morgan fingerprint density at radius 1 is 1.28 bits per heavy atom. The smallest absolute Gasteiger partial charge is 0.335 e. The Labute approximate surface area is 107 Å². The van der Waals surface area contributed by atoms with E-state index < -0.39 is 5.97 Å². The van der Waals surface area contributed by atoms with Crippen molar-refractivity contribution in [3.63, 3.8) is 0 Å². The number of carbonyl (C=O) groups is 2. The third-order valence-corrected chi connectivity index (χ3v) is 3.04. The molecule has 1 amide bonds. The highest BCUT2D eigenvalue weighted by atomic mass is 16.4. The van der Waals surface area contributed by atoms with E-state index in [9.17, 15) is 9.59 Å². The van der Waals surface area contributed by atoms with Gasteiger partial charge in [0.2, 0.25) is 5.91 Å². The van der Waals surface area contributed by atoms with Crippen LogP contribution in [-0.4, -0.2) is 17.0 Å². The minimum absolute atomic E-state index is 0.0845. The highest BCUT2D eigenvalue weighted by Crippen LogP contribution is 2.16. The van der Waals surface area contributed by atoms with E-state index in [2.05, 4.69) is 19.2 Å². The van der Waals surface area contributed by atoms with E-state index >= 15 is 0 Å². The predicted octanol–water partition coefficient (Wildman–Crippen LogP) is 3.01. The zero-order valence-corrected chi connectivity index (χ0v) is 10.9. The van der Waals surface area contributed by atoms with Gasteiger partial charge >= 0.3 is 5.97 Å². The van der Waals surface area contributed by atoms with Gasteiger partial charge in [0.1, 0.15) is 0 Å². The zero-order chi connectivity index (χ0) is 13.7. The standard InChI is InChI=1S/C14H19NO3/c1-9(2)10(3)7-13(16)15-12-6-4-5-11(8-12)14(17)18/h4-6,8-10H,7H2,1-3H3,(H,15,16)(H,17,18). The SMILES string of the molecule is CC(C)C(C)CC(=O)Nc1cccc(C(=O)O)c1. The maximum atomic E-state index is 11.7. The van der Waals surface area contributed by atoms with Gasteiger partial charge in [-0.25, -0.2) is 4.79 Å². The molecule has 1 aromatic rings. The molecule has 98 valence electrons. The Morgan fingerprint density at radius 2 is 1.94 bits per heavy atom.